The Balaban J connectivity index is 3.07. The van der Waals surface area contributed by atoms with Gasteiger partial charge in [0, 0.05) is 18.2 Å². The van der Waals surface area contributed by atoms with Gasteiger partial charge < -0.3 is 28.4 Å². The molecule has 0 aromatic carbocycles. The zero-order chi connectivity index (χ0) is 31.7. The molecule has 0 aliphatic carbocycles. The van der Waals surface area contributed by atoms with Crippen LogP contribution < -0.4 is 17.1 Å². The van der Waals surface area contributed by atoms with Crippen LogP contribution in [0.4, 0.5) is 0 Å². The molecule has 0 N–H and O–H groups in total. The van der Waals surface area contributed by atoms with Crippen molar-refractivity contribution in [1.82, 2.24) is 13.7 Å². The number of nitrogens with zero attached hydrogens (tertiary/aromatic N) is 3. The maximum atomic E-state index is 12.9. The van der Waals surface area contributed by atoms with Gasteiger partial charge in [-0.3, -0.25) is 0 Å². The normalized spacial score (nSPS) is 10.0. The summed E-state index contributed by atoms with van der Waals surface area (Å²) >= 11 is 0. The lowest BCUT2D eigenvalue weighted by molar-refractivity contribution is -0.156. The molecule has 18 heteroatoms. The summed E-state index contributed by atoms with van der Waals surface area (Å²) in [5.41, 5.74) is -3.51. The number of rotatable bonds is 18. The molecule has 0 saturated heterocycles. The molecule has 0 amide bonds. The van der Waals surface area contributed by atoms with Crippen LogP contribution in [0.1, 0.15) is 0 Å². The fourth-order valence-electron chi connectivity index (χ4n) is 2.70. The highest BCUT2D eigenvalue weighted by molar-refractivity contribution is 5.84. The van der Waals surface area contributed by atoms with E-state index in [1.54, 1.807) is 0 Å². The predicted molar refractivity (Wildman–Crippen MR) is 136 cm³/mol. The highest BCUT2D eigenvalue weighted by Crippen LogP contribution is 1.90. The summed E-state index contributed by atoms with van der Waals surface area (Å²) < 4.78 is 29.5. The van der Waals surface area contributed by atoms with Gasteiger partial charge in [0.2, 0.25) is 0 Å². The first kappa shape index (κ1) is 34.5. The summed E-state index contributed by atoms with van der Waals surface area (Å²) in [7, 11) is 0. The number of carbonyl (C=O) groups is 6. The summed E-state index contributed by atoms with van der Waals surface area (Å²) in [6.07, 6.45) is 2.44. The topological polar surface area (TPSA) is 224 Å². The molecule has 0 saturated carbocycles. The Morgan fingerprint density at radius 2 is 0.714 bits per heavy atom. The quantitative estimate of drug-likeness (QED) is 0.0933. The standard InChI is InChI=1S/C24H27N3O15/c1-4-16(28)40-13-19(31)37-10-7-25-22(34)26(8-11-38-20(32)14-41-17(29)5-2)24(36)27(23(25)35)9-12-39-21(33)15-42-18(30)6-3/h4-6H,1-3,7-15H2. The lowest BCUT2D eigenvalue weighted by Crippen LogP contribution is -2.55. The molecule has 1 heterocycles. The molecule has 228 valence electrons. The van der Waals surface area contributed by atoms with Crippen molar-refractivity contribution in [3.05, 3.63) is 69.4 Å². The lowest BCUT2D eigenvalue weighted by atomic mass is 10.5. The summed E-state index contributed by atoms with van der Waals surface area (Å²) in [5, 5.41) is 0. The van der Waals surface area contributed by atoms with Gasteiger partial charge in [-0.2, -0.15) is 0 Å². The fraction of sp³-hybridized carbons (Fsp3) is 0.375. The second-order valence-corrected chi connectivity index (χ2v) is 7.40. The first-order valence-corrected chi connectivity index (χ1v) is 11.7. The van der Waals surface area contributed by atoms with Crippen molar-refractivity contribution >= 4 is 35.8 Å². The minimum atomic E-state index is -1.17. The molecule has 1 aromatic heterocycles. The van der Waals surface area contributed by atoms with E-state index < -0.39 is 112 Å². The van der Waals surface area contributed by atoms with Crippen LogP contribution in [0.15, 0.2) is 52.3 Å². The Kier molecular flexibility index (Phi) is 14.7. The van der Waals surface area contributed by atoms with Gasteiger partial charge in [-0.15, -0.1) is 0 Å². The summed E-state index contributed by atoms with van der Waals surface area (Å²) in [6, 6.07) is 0. The number of esters is 6. The van der Waals surface area contributed by atoms with Crippen molar-refractivity contribution in [2.24, 2.45) is 0 Å². The van der Waals surface area contributed by atoms with E-state index in [0.29, 0.717) is 13.7 Å². The molecule has 0 aliphatic heterocycles. The third kappa shape index (κ3) is 11.7. The van der Waals surface area contributed by atoms with Crippen molar-refractivity contribution in [2.75, 3.05) is 39.6 Å². The maximum Gasteiger partial charge on any atom is 0.344 e. The molecule has 0 unspecified atom stereocenters. The Morgan fingerprint density at radius 1 is 0.476 bits per heavy atom. The first-order chi connectivity index (χ1) is 19.9. The van der Waals surface area contributed by atoms with Gasteiger partial charge in [-0.25, -0.2) is 56.9 Å². The zero-order valence-corrected chi connectivity index (χ0v) is 22.2. The molecule has 1 rings (SSSR count). The SMILES string of the molecule is C=CC(=O)OCC(=O)OCCn1c(=O)n(CCOC(=O)COC(=O)C=C)c(=O)n(CCOC(=O)COC(=O)C=C)c1=O. The largest absolute Gasteiger partial charge is 0.461 e. The van der Waals surface area contributed by atoms with Crippen molar-refractivity contribution in [1.29, 1.82) is 0 Å². The van der Waals surface area contributed by atoms with Gasteiger partial charge in [-0.05, 0) is 0 Å². The van der Waals surface area contributed by atoms with Crippen LogP contribution >= 0.6 is 0 Å². The van der Waals surface area contributed by atoms with Crippen LogP contribution in [-0.4, -0.2) is 89.2 Å². The summed E-state index contributed by atoms with van der Waals surface area (Å²) in [6.45, 7) is 3.76. The number of hydrogen-bond donors (Lipinski definition) is 0. The van der Waals surface area contributed by atoms with Crippen molar-refractivity contribution in [3.8, 4) is 0 Å². The van der Waals surface area contributed by atoms with E-state index >= 15 is 0 Å². The van der Waals surface area contributed by atoms with Gasteiger partial charge in [0.15, 0.2) is 19.8 Å². The van der Waals surface area contributed by atoms with Crippen LogP contribution in [-0.2, 0) is 76.8 Å². The predicted octanol–water partition coefficient (Wildman–Crippen LogP) is -3.01. The van der Waals surface area contributed by atoms with E-state index in [1.807, 2.05) is 0 Å². The number of carbonyl (C=O) groups excluding carboxylic acids is 6. The van der Waals surface area contributed by atoms with E-state index in [1.165, 1.54) is 0 Å². The van der Waals surface area contributed by atoms with E-state index in [9.17, 15) is 43.2 Å². The summed E-state index contributed by atoms with van der Waals surface area (Å²) in [5.74, 6) is -5.72. The lowest BCUT2D eigenvalue weighted by Gasteiger charge is -2.14. The van der Waals surface area contributed by atoms with Gasteiger partial charge >= 0.3 is 52.9 Å². The average Bonchev–Trinajstić information content (AvgIpc) is 2.98. The monoisotopic (exact) mass is 597 g/mol. The fourth-order valence-corrected chi connectivity index (χ4v) is 2.70. The molecular weight excluding hydrogens is 570 g/mol. The molecule has 0 atom stereocenters. The average molecular weight is 597 g/mol. The molecule has 0 fully saturated rings. The first-order valence-electron chi connectivity index (χ1n) is 11.7. The third-order valence-corrected chi connectivity index (χ3v) is 4.62. The summed E-state index contributed by atoms with van der Waals surface area (Å²) in [4.78, 5) is 107. The van der Waals surface area contributed by atoms with E-state index in [4.69, 9.17) is 14.2 Å². The second-order valence-electron chi connectivity index (χ2n) is 7.40. The number of hydrogen-bond acceptors (Lipinski definition) is 15. The Hall–Kier alpha value is -5.55. The van der Waals surface area contributed by atoms with Gasteiger partial charge in [0.05, 0.1) is 19.6 Å². The third-order valence-electron chi connectivity index (χ3n) is 4.62. The molecule has 18 nitrogen and oxygen atoms in total. The smallest absolute Gasteiger partial charge is 0.344 e. The zero-order valence-electron chi connectivity index (χ0n) is 22.2. The van der Waals surface area contributed by atoms with Gasteiger partial charge in [0.1, 0.15) is 19.8 Å². The molecular formula is C24H27N3O15. The Bertz CT molecular complexity index is 1200. The number of aromatic nitrogens is 3. The van der Waals surface area contributed by atoms with Crippen LogP contribution in [0.2, 0.25) is 0 Å². The molecule has 0 radical (unpaired) electrons. The van der Waals surface area contributed by atoms with Crippen molar-refractivity contribution in [3.63, 3.8) is 0 Å². The molecule has 1 aromatic rings. The molecule has 0 aliphatic rings. The van der Waals surface area contributed by atoms with Crippen molar-refractivity contribution < 1.29 is 57.2 Å². The molecule has 0 spiro atoms. The molecule has 0 bridgehead atoms. The second kappa shape index (κ2) is 17.9. The van der Waals surface area contributed by atoms with E-state index in [0.717, 1.165) is 18.2 Å². The Labute approximate surface area is 235 Å². The highest BCUT2D eigenvalue weighted by Gasteiger charge is 2.18. The van der Waals surface area contributed by atoms with Gasteiger partial charge in [-0.1, -0.05) is 19.7 Å². The van der Waals surface area contributed by atoms with Crippen molar-refractivity contribution in [2.45, 2.75) is 19.6 Å². The number of ether oxygens (including phenoxy) is 6. The van der Waals surface area contributed by atoms with Crippen LogP contribution in [0.25, 0.3) is 0 Å². The minimum absolute atomic E-state index is 0.520. The van der Waals surface area contributed by atoms with Gasteiger partial charge in [0.25, 0.3) is 0 Å². The maximum absolute atomic E-state index is 12.9. The van der Waals surface area contributed by atoms with E-state index in [2.05, 4.69) is 33.9 Å². The van der Waals surface area contributed by atoms with Crippen LogP contribution in [0.5, 0.6) is 0 Å². The van der Waals surface area contributed by atoms with Crippen LogP contribution in [0, 0.1) is 0 Å². The van der Waals surface area contributed by atoms with E-state index in [-0.39, 0.29) is 0 Å². The van der Waals surface area contributed by atoms with Crippen LogP contribution in [0.3, 0.4) is 0 Å². The minimum Gasteiger partial charge on any atom is -0.461 e. The Morgan fingerprint density at radius 3 is 0.929 bits per heavy atom. The highest BCUT2D eigenvalue weighted by atomic mass is 16.6. The molecule has 42 heavy (non-hydrogen) atoms.